The lowest BCUT2D eigenvalue weighted by Gasteiger charge is -2.34. The number of benzene rings is 2. The van der Waals surface area contributed by atoms with Crippen LogP contribution < -0.4 is 4.74 Å². The fourth-order valence-electron chi connectivity index (χ4n) is 4.16. The fourth-order valence-corrected chi connectivity index (χ4v) is 4.16. The second-order valence-electron chi connectivity index (χ2n) is 9.53. The first-order valence-corrected chi connectivity index (χ1v) is 11.6. The fraction of sp³-hybridized carbons (Fsp3) is 0.370. The summed E-state index contributed by atoms with van der Waals surface area (Å²) in [5.74, 6) is 1.48. The average molecular weight is 459 g/mol. The number of amides is 1. The molecule has 1 saturated heterocycles. The number of carbonyl (C=O) groups excluding carboxylic acids is 1. The second kappa shape index (κ2) is 9.60. The number of piperidine rings is 1. The molecule has 1 fully saturated rings. The molecule has 0 spiro atoms. The van der Waals surface area contributed by atoms with Crippen molar-refractivity contribution < 1.29 is 14.3 Å². The highest BCUT2D eigenvalue weighted by molar-refractivity contribution is 5.69. The van der Waals surface area contributed by atoms with Crippen LogP contribution in [0.15, 0.2) is 54.6 Å². The van der Waals surface area contributed by atoms with Crippen LogP contribution in [0.5, 0.6) is 11.5 Å². The molecule has 176 valence electrons. The molecule has 1 unspecified atom stereocenters. The predicted octanol–water partition coefficient (Wildman–Crippen LogP) is 6.09. The van der Waals surface area contributed by atoms with Gasteiger partial charge < -0.3 is 14.4 Å². The number of hydrogen-bond acceptors (Lipinski definition) is 5. The van der Waals surface area contributed by atoms with Gasteiger partial charge in [-0.3, -0.25) is 4.68 Å². The van der Waals surface area contributed by atoms with Crippen molar-refractivity contribution in [3.05, 3.63) is 65.9 Å². The SMILES string of the molecule is Cc1c(C#N)c(-c2ccc(Oc3ccccc3)cc2)nn1C1CCCN(C(=O)OC(C)(C)C)C1. The maximum Gasteiger partial charge on any atom is 0.410 e. The molecule has 2 aromatic carbocycles. The molecule has 7 heteroatoms. The Bertz CT molecular complexity index is 1190. The number of hydrogen-bond donors (Lipinski definition) is 0. The van der Waals surface area contributed by atoms with E-state index < -0.39 is 5.60 Å². The van der Waals surface area contributed by atoms with Gasteiger partial charge in [0.1, 0.15) is 34.4 Å². The van der Waals surface area contributed by atoms with Crippen LogP contribution in [0.4, 0.5) is 4.79 Å². The molecule has 1 atom stereocenters. The number of carbonyl (C=O) groups is 1. The van der Waals surface area contributed by atoms with Crippen molar-refractivity contribution >= 4 is 6.09 Å². The lowest BCUT2D eigenvalue weighted by molar-refractivity contribution is 0.0166. The summed E-state index contributed by atoms with van der Waals surface area (Å²) in [4.78, 5) is 14.3. The van der Waals surface area contributed by atoms with E-state index in [1.807, 2.05) is 87.0 Å². The van der Waals surface area contributed by atoms with Gasteiger partial charge in [0.15, 0.2) is 0 Å². The van der Waals surface area contributed by atoms with Crippen molar-refractivity contribution in [2.75, 3.05) is 13.1 Å². The normalized spacial score (nSPS) is 16.1. The van der Waals surface area contributed by atoms with E-state index in [4.69, 9.17) is 14.6 Å². The molecule has 0 aliphatic carbocycles. The standard InChI is InChI=1S/C27H30N4O3/c1-19-24(17-28)25(20-12-14-23(15-13-20)33-22-10-6-5-7-11-22)29-31(19)21-9-8-16-30(18-21)26(32)34-27(2,3)4/h5-7,10-15,21H,8-9,16,18H2,1-4H3. The summed E-state index contributed by atoms with van der Waals surface area (Å²) in [6.07, 6.45) is 1.43. The molecular weight excluding hydrogens is 428 g/mol. The van der Waals surface area contributed by atoms with E-state index in [0.29, 0.717) is 30.1 Å². The van der Waals surface area contributed by atoms with Gasteiger partial charge in [0, 0.05) is 18.7 Å². The van der Waals surface area contributed by atoms with Gasteiger partial charge in [-0.15, -0.1) is 0 Å². The van der Waals surface area contributed by atoms with Crippen molar-refractivity contribution in [1.29, 1.82) is 5.26 Å². The monoisotopic (exact) mass is 458 g/mol. The van der Waals surface area contributed by atoms with E-state index in [2.05, 4.69) is 6.07 Å². The summed E-state index contributed by atoms with van der Waals surface area (Å²) in [6.45, 7) is 8.68. The zero-order chi connectivity index (χ0) is 24.3. The van der Waals surface area contributed by atoms with Crippen LogP contribution in [0.2, 0.25) is 0 Å². The van der Waals surface area contributed by atoms with Crippen molar-refractivity contribution in [3.63, 3.8) is 0 Å². The van der Waals surface area contributed by atoms with E-state index in [1.165, 1.54) is 0 Å². The number of nitrogens with zero attached hydrogens (tertiary/aromatic N) is 4. The zero-order valence-corrected chi connectivity index (χ0v) is 20.1. The molecule has 0 N–H and O–H groups in total. The van der Waals surface area contributed by atoms with Crippen LogP contribution >= 0.6 is 0 Å². The molecule has 1 amide bonds. The average Bonchev–Trinajstić information content (AvgIpc) is 3.15. The number of nitriles is 1. The smallest absolute Gasteiger partial charge is 0.410 e. The molecule has 4 rings (SSSR count). The third-order valence-electron chi connectivity index (χ3n) is 5.76. The van der Waals surface area contributed by atoms with Crippen LogP contribution in [0.3, 0.4) is 0 Å². The van der Waals surface area contributed by atoms with E-state index in [-0.39, 0.29) is 12.1 Å². The third kappa shape index (κ3) is 5.23. The van der Waals surface area contributed by atoms with Crippen molar-refractivity contribution in [3.8, 4) is 28.8 Å². The Morgan fingerprint density at radius 1 is 1.09 bits per heavy atom. The van der Waals surface area contributed by atoms with Gasteiger partial charge in [0.25, 0.3) is 0 Å². The van der Waals surface area contributed by atoms with E-state index >= 15 is 0 Å². The highest BCUT2D eigenvalue weighted by atomic mass is 16.6. The van der Waals surface area contributed by atoms with Crippen LogP contribution in [0, 0.1) is 18.3 Å². The first-order valence-electron chi connectivity index (χ1n) is 11.6. The summed E-state index contributed by atoms with van der Waals surface area (Å²) in [6, 6.07) is 19.5. The topological polar surface area (TPSA) is 80.4 Å². The van der Waals surface area contributed by atoms with Crippen molar-refractivity contribution in [2.45, 2.75) is 52.2 Å². The molecule has 1 aromatic heterocycles. The van der Waals surface area contributed by atoms with Gasteiger partial charge in [-0.2, -0.15) is 10.4 Å². The first-order chi connectivity index (χ1) is 16.2. The summed E-state index contributed by atoms with van der Waals surface area (Å²) in [5, 5.41) is 14.7. The summed E-state index contributed by atoms with van der Waals surface area (Å²) >= 11 is 0. The van der Waals surface area contributed by atoms with Gasteiger partial charge in [-0.1, -0.05) is 18.2 Å². The number of para-hydroxylation sites is 1. The van der Waals surface area contributed by atoms with E-state index in [1.54, 1.807) is 4.90 Å². The third-order valence-corrected chi connectivity index (χ3v) is 5.76. The van der Waals surface area contributed by atoms with Crippen LogP contribution in [-0.4, -0.2) is 39.5 Å². The first kappa shape index (κ1) is 23.4. The summed E-state index contributed by atoms with van der Waals surface area (Å²) in [5.41, 5.74) is 2.30. The molecule has 7 nitrogen and oxygen atoms in total. The molecule has 1 aliphatic heterocycles. The molecule has 1 aliphatic rings. The van der Waals surface area contributed by atoms with E-state index in [9.17, 15) is 10.1 Å². The number of likely N-dealkylation sites (tertiary alicyclic amines) is 1. The van der Waals surface area contributed by atoms with Gasteiger partial charge >= 0.3 is 6.09 Å². The summed E-state index contributed by atoms with van der Waals surface area (Å²) < 4.78 is 13.3. The van der Waals surface area contributed by atoms with Crippen molar-refractivity contribution in [1.82, 2.24) is 14.7 Å². The van der Waals surface area contributed by atoms with Crippen molar-refractivity contribution in [2.24, 2.45) is 0 Å². The largest absolute Gasteiger partial charge is 0.457 e. The Morgan fingerprint density at radius 2 is 1.76 bits per heavy atom. The Kier molecular flexibility index (Phi) is 6.60. The molecule has 2 heterocycles. The zero-order valence-electron chi connectivity index (χ0n) is 20.1. The van der Waals surface area contributed by atoms with Gasteiger partial charge in [-0.05, 0) is 76.9 Å². The van der Waals surface area contributed by atoms with Gasteiger partial charge in [-0.25, -0.2) is 4.79 Å². The second-order valence-corrected chi connectivity index (χ2v) is 9.53. The minimum Gasteiger partial charge on any atom is -0.457 e. The Morgan fingerprint density at radius 3 is 2.41 bits per heavy atom. The highest BCUT2D eigenvalue weighted by Gasteiger charge is 2.30. The van der Waals surface area contributed by atoms with Gasteiger partial charge in [0.05, 0.1) is 11.7 Å². The number of ether oxygens (including phenoxy) is 2. The quantitative estimate of drug-likeness (QED) is 0.472. The number of aromatic nitrogens is 2. The molecular formula is C27H30N4O3. The highest BCUT2D eigenvalue weighted by Crippen LogP contribution is 2.32. The molecule has 0 bridgehead atoms. The number of rotatable bonds is 4. The predicted molar refractivity (Wildman–Crippen MR) is 130 cm³/mol. The Balaban J connectivity index is 1.55. The summed E-state index contributed by atoms with van der Waals surface area (Å²) in [7, 11) is 0. The van der Waals surface area contributed by atoms with Crippen LogP contribution in [0.25, 0.3) is 11.3 Å². The maximum absolute atomic E-state index is 12.6. The molecule has 3 aromatic rings. The molecule has 0 saturated carbocycles. The molecule has 0 radical (unpaired) electrons. The molecule has 34 heavy (non-hydrogen) atoms. The lowest BCUT2D eigenvalue weighted by atomic mass is 10.0. The van der Waals surface area contributed by atoms with Gasteiger partial charge in [0.2, 0.25) is 0 Å². The Labute approximate surface area is 200 Å². The van der Waals surface area contributed by atoms with E-state index in [0.717, 1.165) is 29.8 Å². The van der Waals surface area contributed by atoms with Crippen LogP contribution in [0.1, 0.15) is 50.9 Å². The lowest BCUT2D eigenvalue weighted by Crippen LogP contribution is -2.43. The minimum absolute atomic E-state index is 0.0113. The van der Waals surface area contributed by atoms with Crippen LogP contribution in [-0.2, 0) is 4.74 Å². The minimum atomic E-state index is -0.539. The Hall–Kier alpha value is -3.79. The maximum atomic E-state index is 12.6.